The van der Waals surface area contributed by atoms with E-state index in [9.17, 15) is 0 Å². The summed E-state index contributed by atoms with van der Waals surface area (Å²) >= 11 is 0. The van der Waals surface area contributed by atoms with E-state index in [1.165, 1.54) is 12.8 Å². The number of nitrogens with one attached hydrogen (secondary N) is 1. The van der Waals surface area contributed by atoms with Crippen molar-refractivity contribution < 1.29 is 0 Å². The van der Waals surface area contributed by atoms with Crippen LogP contribution in [0, 0.1) is 0 Å². The van der Waals surface area contributed by atoms with Crippen LogP contribution < -0.4 is 16.0 Å². The number of nitrogens with two attached hydrogens (primary N) is 1. The van der Waals surface area contributed by atoms with Gasteiger partial charge in [-0.15, -0.1) is 0 Å². The predicted octanol–water partition coefficient (Wildman–Crippen LogP) is 2.28. The van der Waals surface area contributed by atoms with Gasteiger partial charge in [-0.1, -0.05) is 12.1 Å². The number of nitrogens with zero attached hydrogens (tertiary/aromatic N) is 3. The van der Waals surface area contributed by atoms with Crippen molar-refractivity contribution in [3.05, 3.63) is 42.2 Å². The molecule has 0 aliphatic heterocycles. The van der Waals surface area contributed by atoms with Gasteiger partial charge in [0, 0.05) is 31.4 Å². The molecule has 2 aromatic rings. The van der Waals surface area contributed by atoms with Crippen molar-refractivity contribution in [2.24, 2.45) is 5.73 Å². The Labute approximate surface area is 118 Å². The molecule has 0 amide bonds. The van der Waals surface area contributed by atoms with Crippen molar-refractivity contribution in [2.45, 2.75) is 25.4 Å². The summed E-state index contributed by atoms with van der Waals surface area (Å²) in [7, 11) is 2.00. The molecule has 1 saturated carbocycles. The molecule has 5 nitrogen and oxygen atoms in total. The highest BCUT2D eigenvalue weighted by molar-refractivity contribution is 5.62. The molecule has 0 spiro atoms. The number of rotatable bonds is 5. The second kappa shape index (κ2) is 5.46. The quantitative estimate of drug-likeness (QED) is 0.871. The number of hydrogen-bond acceptors (Lipinski definition) is 5. The molecule has 0 unspecified atom stereocenters. The molecule has 3 rings (SSSR count). The molecule has 1 heterocycles. The fourth-order valence-corrected chi connectivity index (χ4v) is 2.07. The van der Waals surface area contributed by atoms with Crippen LogP contribution in [-0.4, -0.2) is 23.1 Å². The van der Waals surface area contributed by atoms with Crippen LogP contribution in [0.3, 0.4) is 0 Å². The standard InChI is InChI=1S/C15H19N5/c1-20(13-4-2-3-11(7-13)9-16)15-8-14(17-10-18-15)19-12-5-6-12/h2-4,7-8,10,12H,5-6,9,16H2,1H3,(H,17,18,19). The lowest BCUT2D eigenvalue weighted by Crippen LogP contribution is -2.13. The normalized spacial score (nSPS) is 14.1. The Bertz CT molecular complexity index is 594. The third-order valence-corrected chi connectivity index (χ3v) is 3.46. The van der Waals surface area contributed by atoms with Crippen molar-refractivity contribution in [3.8, 4) is 0 Å². The summed E-state index contributed by atoms with van der Waals surface area (Å²) in [6.45, 7) is 0.542. The monoisotopic (exact) mass is 269 g/mol. The lowest BCUT2D eigenvalue weighted by atomic mass is 10.2. The Balaban J connectivity index is 1.82. The zero-order valence-electron chi connectivity index (χ0n) is 11.6. The molecule has 0 bridgehead atoms. The summed E-state index contributed by atoms with van der Waals surface area (Å²) in [5.74, 6) is 1.76. The van der Waals surface area contributed by atoms with Crippen LogP contribution in [0.15, 0.2) is 36.7 Å². The molecule has 0 radical (unpaired) electrons. The van der Waals surface area contributed by atoms with E-state index in [0.717, 1.165) is 22.9 Å². The predicted molar refractivity (Wildman–Crippen MR) is 81.1 cm³/mol. The van der Waals surface area contributed by atoms with Gasteiger partial charge in [0.05, 0.1) is 0 Å². The van der Waals surface area contributed by atoms with E-state index in [0.29, 0.717) is 12.6 Å². The smallest absolute Gasteiger partial charge is 0.138 e. The first kappa shape index (κ1) is 12.9. The fraction of sp³-hybridized carbons (Fsp3) is 0.333. The Hall–Kier alpha value is -2.14. The molecule has 104 valence electrons. The summed E-state index contributed by atoms with van der Waals surface area (Å²) in [4.78, 5) is 10.6. The second-order valence-corrected chi connectivity index (χ2v) is 5.11. The fourth-order valence-electron chi connectivity index (χ4n) is 2.07. The summed E-state index contributed by atoms with van der Waals surface area (Å²) in [6, 6.07) is 10.7. The molecule has 0 saturated heterocycles. The lowest BCUT2D eigenvalue weighted by Gasteiger charge is -2.19. The van der Waals surface area contributed by atoms with Gasteiger partial charge in [-0.25, -0.2) is 9.97 Å². The lowest BCUT2D eigenvalue weighted by molar-refractivity contribution is 1.04. The third-order valence-electron chi connectivity index (χ3n) is 3.46. The Morgan fingerprint density at radius 2 is 2.15 bits per heavy atom. The molecule has 0 atom stereocenters. The summed E-state index contributed by atoms with van der Waals surface area (Å²) in [6.07, 6.45) is 4.06. The Kier molecular flexibility index (Phi) is 3.52. The van der Waals surface area contributed by atoms with E-state index in [-0.39, 0.29) is 0 Å². The van der Waals surface area contributed by atoms with E-state index in [1.54, 1.807) is 6.33 Å². The van der Waals surface area contributed by atoms with Crippen LogP contribution >= 0.6 is 0 Å². The number of benzene rings is 1. The van der Waals surface area contributed by atoms with Gasteiger partial charge in [-0.3, -0.25) is 0 Å². The van der Waals surface area contributed by atoms with Gasteiger partial charge < -0.3 is 16.0 Å². The van der Waals surface area contributed by atoms with Gasteiger partial charge in [0.25, 0.3) is 0 Å². The first-order chi connectivity index (χ1) is 9.76. The van der Waals surface area contributed by atoms with E-state index in [1.807, 2.05) is 30.1 Å². The molecule has 3 N–H and O–H groups in total. The van der Waals surface area contributed by atoms with Gasteiger partial charge in [-0.05, 0) is 30.5 Å². The van der Waals surface area contributed by atoms with E-state index < -0.39 is 0 Å². The van der Waals surface area contributed by atoms with Crippen LogP contribution in [0.1, 0.15) is 18.4 Å². The molecule has 1 aliphatic carbocycles. The molecule has 1 aliphatic rings. The van der Waals surface area contributed by atoms with Gasteiger partial charge in [-0.2, -0.15) is 0 Å². The van der Waals surface area contributed by atoms with E-state index in [2.05, 4.69) is 27.4 Å². The average molecular weight is 269 g/mol. The summed E-state index contributed by atoms with van der Waals surface area (Å²) in [5.41, 5.74) is 7.87. The Morgan fingerprint density at radius 3 is 2.90 bits per heavy atom. The average Bonchev–Trinajstić information content (AvgIpc) is 3.31. The van der Waals surface area contributed by atoms with Gasteiger partial charge in [0.2, 0.25) is 0 Å². The van der Waals surface area contributed by atoms with Crippen molar-refractivity contribution in [2.75, 3.05) is 17.3 Å². The molecule has 1 fully saturated rings. The van der Waals surface area contributed by atoms with Crippen LogP contribution in [0.2, 0.25) is 0 Å². The highest BCUT2D eigenvalue weighted by Gasteiger charge is 2.21. The first-order valence-electron chi connectivity index (χ1n) is 6.87. The second-order valence-electron chi connectivity index (χ2n) is 5.11. The van der Waals surface area contributed by atoms with Crippen molar-refractivity contribution in [3.63, 3.8) is 0 Å². The van der Waals surface area contributed by atoms with E-state index in [4.69, 9.17) is 5.73 Å². The van der Waals surface area contributed by atoms with E-state index >= 15 is 0 Å². The maximum absolute atomic E-state index is 5.69. The summed E-state index contributed by atoms with van der Waals surface area (Å²) in [5, 5.41) is 3.39. The Morgan fingerprint density at radius 1 is 1.30 bits per heavy atom. The number of anilines is 3. The van der Waals surface area contributed by atoms with Crippen LogP contribution in [0.5, 0.6) is 0 Å². The van der Waals surface area contributed by atoms with Gasteiger partial charge in [0.1, 0.15) is 18.0 Å². The molecule has 20 heavy (non-hydrogen) atoms. The maximum atomic E-state index is 5.69. The van der Waals surface area contributed by atoms with Crippen LogP contribution in [0.4, 0.5) is 17.3 Å². The zero-order valence-corrected chi connectivity index (χ0v) is 11.6. The topological polar surface area (TPSA) is 67.1 Å². The minimum Gasteiger partial charge on any atom is -0.367 e. The zero-order chi connectivity index (χ0) is 13.9. The summed E-state index contributed by atoms with van der Waals surface area (Å²) < 4.78 is 0. The van der Waals surface area contributed by atoms with Crippen molar-refractivity contribution >= 4 is 17.3 Å². The molecular weight excluding hydrogens is 250 g/mol. The molecule has 1 aromatic carbocycles. The van der Waals surface area contributed by atoms with Gasteiger partial charge >= 0.3 is 0 Å². The first-order valence-corrected chi connectivity index (χ1v) is 6.87. The minimum atomic E-state index is 0.542. The van der Waals surface area contributed by atoms with Crippen molar-refractivity contribution in [1.82, 2.24) is 9.97 Å². The van der Waals surface area contributed by atoms with Gasteiger partial charge in [0.15, 0.2) is 0 Å². The minimum absolute atomic E-state index is 0.542. The SMILES string of the molecule is CN(c1cccc(CN)c1)c1cc(NC2CC2)ncn1. The molecular formula is C15H19N5. The van der Waals surface area contributed by atoms with Crippen LogP contribution in [0.25, 0.3) is 0 Å². The van der Waals surface area contributed by atoms with Crippen molar-refractivity contribution in [1.29, 1.82) is 0 Å². The number of aromatic nitrogens is 2. The molecule has 1 aromatic heterocycles. The molecule has 5 heteroatoms. The van der Waals surface area contributed by atoms with Crippen LogP contribution in [-0.2, 0) is 6.54 Å². The number of hydrogen-bond donors (Lipinski definition) is 2. The maximum Gasteiger partial charge on any atom is 0.138 e. The largest absolute Gasteiger partial charge is 0.367 e. The highest BCUT2D eigenvalue weighted by Crippen LogP contribution is 2.27. The highest BCUT2D eigenvalue weighted by atomic mass is 15.2. The third kappa shape index (κ3) is 2.88.